The van der Waals surface area contributed by atoms with Gasteiger partial charge in [-0.05, 0) is 43.7 Å². The molecule has 0 bridgehead atoms. The molecule has 7 nitrogen and oxygen atoms in total. The van der Waals surface area contributed by atoms with E-state index >= 15 is 0 Å². The first kappa shape index (κ1) is 18.6. The van der Waals surface area contributed by atoms with Gasteiger partial charge >= 0.3 is 0 Å². The molecule has 2 aromatic rings. The van der Waals surface area contributed by atoms with Gasteiger partial charge in [0.25, 0.3) is 0 Å². The van der Waals surface area contributed by atoms with E-state index in [4.69, 9.17) is 9.73 Å². The first-order valence-corrected chi connectivity index (χ1v) is 9.56. The fraction of sp³-hybridized carbons (Fsp3) is 0.632. The van der Waals surface area contributed by atoms with Gasteiger partial charge in [-0.25, -0.2) is 0 Å². The van der Waals surface area contributed by atoms with Gasteiger partial charge in [0, 0.05) is 46.0 Å². The number of rotatable bonds is 9. The number of methoxy groups -OCH3 is 1. The van der Waals surface area contributed by atoms with Gasteiger partial charge in [-0.3, -0.25) is 9.39 Å². The van der Waals surface area contributed by atoms with Crippen molar-refractivity contribution in [1.82, 2.24) is 25.2 Å². The van der Waals surface area contributed by atoms with Gasteiger partial charge in [0.1, 0.15) is 5.82 Å². The van der Waals surface area contributed by atoms with Crippen molar-refractivity contribution in [3.05, 3.63) is 30.2 Å². The molecular formula is C19H30N6O. The Morgan fingerprint density at radius 3 is 2.92 bits per heavy atom. The number of pyridine rings is 1. The maximum Gasteiger partial charge on any atom is 0.191 e. The van der Waals surface area contributed by atoms with Crippen molar-refractivity contribution in [2.45, 2.75) is 39.0 Å². The van der Waals surface area contributed by atoms with E-state index in [1.807, 2.05) is 28.8 Å². The molecular weight excluding hydrogens is 328 g/mol. The molecule has 26 heavy (non-hydrogen) atoms. The predicted molar refractivity (Wildman–Crippen MR) is 103 cm³/mol. The fourth-order valence-electron chi connectivity index (χ4n) is 3.43. The van der Waals surface area contributed by atoms with Crippen LogP contribution in [0.15, 0.2) is 29.4 Å². The monoisotopic (exact) mass is 358 g/mol. The number of guanidine groups is 1. The van der Waals surface area contributed by atoms with E-state index in [0.29, 0.717) is 5.41 Å². The molecule has 0 aliphatic heterocycles. The molecule has 0 amide bonds. The zero-order valence-electron chi connectivity index (χ0n) is 15.9. The second-order valence-electron chi connectivity index (χ2n) is 7.01. The number of hydrogen-bond donors (Lipinski definition) is 2. The lowest BCUT2D eigenvalue weighted by molar-refractivity contribution is 0.0778. The molecule has 0 aromatic carbocycles. The van der Waals surface area contributed by atoms with Crippen LogP contribution < -0.4 is 10.6 Å². The summed E-state index contributed by atoms with van der Waals surface area (Å²) in [6.45, 7) is 5.39. The molecule has 142 valence electrons. The molecule has 0 spiro atoms. The van der Waals surface area contributed by atoms with Crippen molar-refractivity contribution in [2.75, 3.05) is 33.4 Å². The molecule has 7 heteroatoms. The molecule has 2 N–H and O–H groups in total. The van der Waals surface area contributed by atoms with Gasteiger partial charge in [-0.1, -0.05) is 12.5 Å². The molecule has 1 aliphatic rings. The lowest BCUT2D eigenvalue weighted by atomic mass is 9.67. The standard InChI is InChI=1S/C19H30N6O/c1-3-20-18(22-15-19(9-6-10-19)11-14-26-2)21-12-8-17-24-23-16-7-4-5-13-25(16)17/h4-5,7,13H,3,6,8-12,14-15H2,1-2H3,(H2,20,21,22). The van der Waals surface area contributed by atoms with E-state index < -0.39 is 0 Å². The van der Waals surface area contributed by atoms with Crippen LogP contribution in [0.25, 0.3) is 5.65 Å². The molecule has 1 fully saturated rings. The third-order valence-corrected chi connectivity index (χ3v) is 5.19. The Labute approximate surface area is 155 Å². The summed E-state index contributed by atoms with van der Waals surface area (Å²) in [7, 11) is 1.77. The van der Waals surface area contributed by atoms with Crippen LogP contribution in [0, 0.1) is 5.41 Å². The predicted octanol–water partition coefficient (Wildman–Crippen LogP) is 2.03. The number of aromatic nitrogens is 3. The average molecular weight is 358 g/mol. The van der Waals surface area contributed by atoms with Gasteiger partial charge in [0.05, 0.1) is 0 Å². The number of ether oxygens (including phenoxy) is 1. The van der Waals surface area contributed by atoms with Crippen LogP contribution in [0.1, 0.15) is 38.4 Å². The molecule has 0 saturated heterocycles. The minimum atomic E-state index is 0.335. The lowest BCUT2D eigenvalue weighted by Crippen LogP contribution is -2.41. The number of nitrogens with one attached hydrogen (secondary N) is 2. The summed E-state index contributed by atoms with van der Waals surface area (Å²) in [4.78, 5) is 4.84. The highest BCUT2D eigenvalue weighted by Gasteiger charge is 2.36. The second-order valence-corrected chi connectivity index (χ2v) is 7.01. The molecule has 1 aliphatic carbocycles. The molecule has 0 radical (unpaired) electrons. The van der Waals surface area contributed by atoms with Crippen molar-refractivity contribution in [2.24, 2.45) is 10.4 Å². The molecule has 0 unspecified atom stereocenters. The maximum absolute atomic E-state index is 5.27. The third kappa shape index (κ3) is 4.52. The maximum atomic E-state index is 5.27. The normalized spacial score (nSPS) is 16.5. The lowest BCUT2D eigenvalue weighted by Gasteiger charge is -2.40. The molecule has 2 heterocycles. The summed E-state index contributed by atoms with van der Waals surface area (Å²) >= 11 is 0. The Balaban J connectivity index is 1.54. The quantitative estimate of drug-likeness (QED) is 0.530. The van der Waals surface area contributed by atoms with Crippen LogP contribution in [0.3, 0.4) is 0 Å². The number of aliphatic imine (C=N–C) groups is 1. The minimum absolute atomic E-state index is 0.335. The van der Waals surface area contributed by atoms with Crippen molar-refractivity contribution >= 4 is 11.6 Å². The van der Waals surface area contributed by atoms with Crippen molar-refractivity contribution in [1.29, 1.82) is 0 Å². The highest BCUT2D eigenvalue weighted by atomic mass is 16.5. The van der Waals surface area contributed by atoms with Gasteiger partial charge in [-0.15, -0.1) is 10.2 Å². The zero-order chi connectivity index (χ0) is 18.2. The zero-order valence-corrected chi connectivity index (χ0v) is 15.9. The highest BCUT2D eigenvalue weighted by molar-refractivity contribution is 5.79. The van der Waals surface area contributed by atoms with E-state index in [1.54, 1.807) is 7.11 Å². The van der Waals surface area contributed by atoms with Crippen LogP contribution in [0.4, 0.5) is 0 Å². The minimum Gasteiger partial charge on any atom is -0.385 e. The van der Waals surface area contributed by atoms with Gasteiger partial charge in [-0.2, -0.15) is 0 Å². The van der Waals surface area contributed by atoms with Crippen molar-refractivity contribution in [3.8, 4) is 0 Å². The van der Waals surface area contributed by atoms with E-state index in [-0.39, 0.29) is 0 Å². The Hall–Kier alpha value is -2.15. The molecule has 2 aromatic heterocycles. The third-order valence-electron chi connectivity index (χ3n) is 5.19. The van der Waals surface area contributed by atoms with Crippen LogP contribution >= 0.6 is 0 Å². The smallest absolute Gasteiger partial charge is 0.191 e. The Bertz CT molecular complexity index is 722. The largest absolute Gasteiger partial charge is 0.385 e. The van der Waals surface area contributed by atoms with E-state index in [9.17, 15) is 0 Å². The topological polar surface area (TPSA) is 75.8 Å². The second kappa shape index (κ2) is 8.98. The molecule has 1 saturated carbocycles. The number of hydrogen-bond acceptors (Lipinski definition) is 4. The molecule has 0 atom stereocenters. The van der Waals surface area contributed by atoms with Gasteiger partial charge in [0.15, 0.2) is 11.6 Å². The van der Waals surface area contributed by atoms with E-state index in [2.05, 4.69) is 27.8 Å². The average Bonchev–Trinajstić information content (AvgIpc) is 3.04. The Morgan fingerprint density at radius 1 is 1.31 bits per heavy atom. The fourth-order valence-corrected chi connectivity index (χ4v) is 3.43. The van der Waals surface area contributed by atoms with Crippen molar-refractivity contribution < 1.29 is 4.74 Å². The number of nitrogens with zero attached hydrogens (tertiary/aromatic N) is 4. The highest BCUT2D eigenvalue weighted by Crippen LogP contribution is 2.44. The van der Waals surface area contributed by atoms with Crippen LogP contribution in [-0.4, -0.2) is 53.9 Å². The van der Waals surface area contributed by atoms with Crippen LogP contribution in [0.2, 0.25) is 0 Å². The van der Waals surface area contributed by atoms with Gasteiger partial charge < -0.3 is 15.4 Å². The number of fused-ring (bicyclic) bond motifs is 1. The molecule has 3 rings (SSSR count). The summed E-state index contributed by atoms with van der Waals surface area (Å²) in [5.74, 6) is 1.84. The Kier molecular flexibility index (Phi) is 6.44. The summed E-state index contributed by atoms with van der Waals surface area (Å²) in [5, 5.41) is 15.2. The van der Waals surface area contributed by atoms with E-state index in [0.717, 1.165) is 56.5 Å². The van der Waals surface area contributed by atoms with E-state index in [1.165, 1.54) is 19.3 Å². The van der Waals surface area contributed by atoms with Crippen LogP contribution in [0.5, 0.6) is 0 Å². The summed E-state index contributed by atoms with van der Waals surface area (Å²) in [5.41, 5.74) is 1.22. The van der Waals surface area contributed by atoms with Gasteiger partial charge in [0.2, 0.25) is 0 Å². The SMILES string of the molecule is CCNC(=NCC1(CCOC)CCC1)NCCc1nnc2ccccn12. The first-order chi connectivity index (χ1) is 12.8. The van der Waals surface area contributed by atoms with Crippen LogP contribution in [-0.2, 0) is 11.2 Å². The summed E-state index contributed by atoms with van der Waals surface area (Å²) in [6.07, 6.45) is 7.71. The first-order valence-electron chi connectivity index (χ1n) is 9.56. The summed E-state index contributed by atoms with van der Waals surface area (Å²) < 4.78 is 7.30. The Morgan fingerprint density at radius 2 is 2.19 bits per heavy atom. The van der Waals surface area contributed by atoms with Crippen molar-refractivity contribution in [3.63, 3.8) is 0 Å². The summed E-state index contributed by atoms with van der Waals surface area (Å²) in [6, 6.07) is 5.94.